The molecule has 0 spiro atoms. The molecule has 1 amide bonds. The Labute approximate surface area is 127 Å². The molecule has 0 saturated heterocycles. The van der Waals surface area contributed by atoms with Crippen LogP contribution in [0.3, 0.4) is 0 Å². The maximum absolute atomic E-state index is 13.8. The molecule has 1 atom stereocenters. The Hall–Kier alpha value is -1.18. The minimum atomic E-state index is -4.26. The van der Waals surface area contributed by atoms with Crippen molar-refractivity contribution in [3.8, 4) is 0 Å². The number of halogens is 2. The molecular formula is C13H17ClFNO4S. The van der Waals surface area contributed by atoms with Gasteiger partial charge in [-0.3, -0.25) is 4.79 Å². The summed E-state index contributed by atoms with van der Waals surface area (Å²) in [6.07, 6.45) is 0.600. The summed E-state index contributed by atoms with van der Waals surface area (Å²) in [7, 11) is 2.46. The molecule has 0 saturated carbocycles. The predicted molar refractivity (Wildman–Crippen MR) is 77.6 cm³/mol. The van der Waals surface area contributed by atoms with Crippen molar-refractivity contribution < 1.29 is 22.3 Å². The minimum absolute atomic E-state index is 0.0337. The summed E-state index contributed by atoms with van der Waals surface area (Å²) in [5, 5.41) is 2.68. The Morgan fingerprint density at radius 1 is 1.48 bits per heavy atom. The van der Waals surface area contributed by atoms with Gasteiger partial charge in [0.05, 0.1) is 0 Å². The number of aryl methyl sites for hydroxylation is 1. The van der Waals surface area contributed by atoms with Crippen LogP contribution in [0.2, 0.25) is 0 Å². The molecule has 21 heavy (non-hydrogen) atoms. The topological polar surface area (TPSA) is 72.5 Å². The largest absolute Gasteiger partial charge is 0.385 e. The normalized spacial score (nSPS) is 13.0. The van der Waals surface area contributed by atoms with Crippen LogP contribution in [0.1, 0.15) is 29.3 Å². The zero-order valence-corrected chi connectivity index (χ0v) is 13.5. The van der Waals surface area contributed by atoms with Gasteiger partial charge in [0.2, 0.25) is 0 Å². The summed E-state index contributed by atoms with van der Waals surface area (Å²) >= 11 is 0. The fraction of sp³-hybridized carbons (Fsp3) is 0.462. The third-order valence-corrected chi connectivity index (χ3v) is 4.20. The lowest BCUT2D eigenvalue weighted by Gasteiger charge is -2.14. The summed E-state index contributed by atoms with van der Waals surface area (Å²) < 4.78 is 41.3. The zero-order valence-electron chi connectivity index (χ0n) is 11.9. The first-order valence-electron chi connectivity index (χ1n) is 6.21. The van der Waals surface area contributed by atoms with Crippen molar-refractivity contribution in [3.63, 3.8) is 0 Å². The fourth-order valence-electron chi connectivity index (χ4n) is 1.72. The van der Waals surface area contributed by atoms with Gasteiger partial charge in [0.1, 0.15) is 10.7 Å². The summed E-state index contributed by atoms with van der Waals surface area (Å²) in [5.41, 5.74) is 0.0730. The molecule has 1 N–H and O–H groups in total. The zero-order chi connectivity index (χ0) is 16.2. The van der Waals surface area contributed by atoms with E-state index in [0.29, 0.717) is 13.0 Å². The molecule has 0 bridgehead atoms. The van der Waals surface area contributed by atoms with E-state index in [-0.39, 0.29) is 17.2 Å². The molecule has 0 heterocycles. The Bertz CT molecular complexity index is 633. The Morgan fingerprint density at radius 3 is 2.62 bits per heavy atom. The summed E-state index contributed by atoms with van der Waals surface area (Å²) in [4.78, 5) is 11.4. The van der Waals surface area contributed by atoms with E-state index >= 15 is 0 Å². The van der Waals surface area contributed by atoms with Crippen molar-refractivity contribution in [3.05, 3.63) is 29.1 Å². The molecule has 1 aromatic rings. The molecule has 1 unspecified atom stereocenters. The van der Waals surface area contributed by atoms with Crippen LogP contribution in [0.15, 0.2) is 17.0 Å². The van der Waals surface area contributed by atoms with Crippen LogP contribution >= 0.6 is 10.7 Å². The molecule has 0 aromatic heterocycles. The summed E-state index contributed by atoms with van der Waals surface area (Å²) in [6.45, 7) is 3.63. The third-order valence-electron chi connectivity index (χ3n) is 2.88. The van der Waals surface area contributed by atoms with Gasteiger partial charge in [0.15, 0.2) is 0 Å². The number of benzene rings is 1. The molecule has 8 heteroatoms. The fourth-order valence-corrected chi connectivity index (χ4v) is 2.70. The SMILES string of the molecule is COCCC(C)NC(=O)c1cc(C)c(F)c(S(=O)(=O)Cl)c1. The maximum Gasteiger partial charge on any atom is 0.264 e. The number of hydrogen-bond donors (Lipinski definition) is 1. The van der Waals surface area contributed by atoms with Gasteiger partial charge in [-0.05, 0) is 38.0 Å². The van der Waals surface area contributed by atoms with E-state index in [1.54, 1.807) is 14.0 Å². The van der Waals surface area contributed by atoms with Gasteiger partial charge < -0.3 is 10.1 Å². The molecule has 118 valence electrons. The molecule has 0 aliphatic rings. The molecule has 0 aliphatic carbocycles. The smallest absolute Gasteiger partial charge is 0.264 e. The van der Waals surface area contributed by atoms with Crippen LogP contribution < -0.4 is 5.32 Å². The minimum Gasteiger partial charge on any atom is -0.385 e. The molecule has 1 aromatic carbocycles. The van der Waals surface area contributed by atoms with E-state index in [1.165, 1.54) is 13.0 Å². The average molecular weight is 338 g/mol. The van der Waals surface area contributed by atoms with Gasteiger partial charge in [-0.15, -0.1) is 0 Å². The highest BCUT2D eigenvalue weighted by molar-refractivity contribution is 8.13. The van der Waals surface area contributed by atoms with Crippen LogP contribution in [-0.2, 0) is 13.8 Å². The van der Waals surface area contributed by atoms with E-state index in [0.717, 1.165) is 6.07 Å². The van der Waals surface area contributed by atoms with Crippen molar-refractivity contribution >= 4 is 25.6 Å². The summed E-state index contributed by atoms with van der Waals surface area (Å²) in [6, 6.07) is 2.04. The first-order chi connectivity index (χ1) is 9.66. The second kappa shape index (κ2) is 7.20. The van der Waals surface area contributed by atoms with Crippen LogP contribution in [0.5, 0.6) is 0 Å². The molecule has 0 fully saturated rings. The van der Waals surface area contributed by atoms with E-state index in [4.69, 9.17) is 15.4 Å². The summed E-state index contributed by atoms with van der Waals surface area (Å²) in [5.74, 6) is -1.45. The molecular weight excluding hydrogens is 321 g/mol. The Kier molecular flexibility index (Phi) is 6.12. The number of hydrogen-bond acceptors (Lipinski definition) is 4. The van der Waals surface area contributed by atoms with Crippen molar-refractivity contribution in [2.75, 3.05) is 13.7 Å². The van der Waals surface area contributed by atoms with E-state index in [2.05, 4.69) is 5.32 Å². The second-order valence-electron chi connectivity index (χ2n) is 4.70. The Morgan fingerprint density at radius 2 is 2.10 bits per heavy atom. The van der Waals surface area contributed by atoms with Gasteiger partial charge in [0, 0.05) is 36.0 Å². The first kappa shape index (κ1) is 17.9. The molecule has 5 nitrogen and oxygen atoms in total. The van der Waals surface area contributed by atoms with E-state index in [9.17, 15) is 17.6 Å². The number of nitrogens with one attached hydrogen (secondary N) is 1. The Balaban J connectivity index is 3.04. The van der Waals surface area contributed by atoms with Crippen LogP contribution in [0.25, 0.3) is 0 Å². The molecule has 0 aliphatic heterocycles. The lowest BCUT2D eigenvalue weighted by atomic mass is 10.1. The van der Waals surface area contributed by atoms with E-state index in [1.807, 2.05) is 0 Å². The number of ether oxygens (including phenoxy) is 1. The lowest BCUT2D eigenvalue weighted by molar-refractivity contribution is 0.0929. The van der Waals surface area contributed by atoms with Gasteiger partial charge in [-0.2, -0.15) is 0 Å². The first-order valence-corrected chi connectivity index (χ1v) is 8.52. The van der Waals surface area contributed by atoms with Crippen LogP contribution in [-0.4, -0.2) is 34.1 Å². The number of amides is 1. The monoisotopic (exact) mass is 337 g/mol. The van der Waals surface area contributed by atoms with Crippen LogP contribution in [0, 0.1) is 12.7 Å². The van der Waals surface area contributed by atoms with E-state index < -0.39 is 25.7 Å². The second-order valence-corrected chi connectivity index (χ2v) is 7.23. The maximum atomic E-state index is 13.8. The number of carbonyl (C=O) groups is 1. The quantitative estimate of drug-likeness (QED) is 0.808. The van der Waals surface area contributed by atoms with Gasteiger partial charge >= 0.3 is 0 Å². The predicted octanol–water partition coefficient (Wildman–Crippen LogP) is 2.22. The van der Waals surface area contributed by atoms with Crippen molar-refractivity contribution in [2.45, 2.75) is 31.2 Å². The highest BCUT2D eigenvalue weighted by Gasteiger charge is 2.21. The van der Waals surface area contributed by atoms with Crippen molar-refractivity contribution in [1.29, 1.82) is 0 Å². The highest BCUT2D eigenvalue weighted by Crippen LogP contribution is 2.23. The van der Waals surface area contributed by atoms with Gasteiger partial charge in [-0.1, -0.05) is 0 Å². The highest BCUT2D eigenvalue weighted by atomic mass is 35.7. The lowest BCUT2D eigenvalue weighted by Crippen LogP contribution is -2.33. The van der Waals surface area contributed by atoms with Crippen LogP contribution in [0.4, 0.5) is 4.39 Å². The van der Waals surface area contributed by atoms with Gasteiger partial charge in [-0.25, -0.2) is 12.8 Å². The third kappa shape index (κ3) is 4.94. The number of carbonyl (C=O) groups excluding carboxylic acids is 1. The molecule has 1 rings (SSSR count). The van der Waals surface area contributed by atoms with Crippen molar-refractivity contribution in [1.82, 2.24) is 5.32 Å². The number of methoxy groups -OCH3 is 1. The van der Waals surface area contributed by atoms with Gasteiger partial charge in [0.25, 0.3) is 15.0 Å². The standard InChI is InChI=1S/C13H17ClFNO4S/c1-8-6-10(7-11(12(8)15)21(14,18)19)13(17)16-9(2)4-5-20-3/h6-7,9H,4-5H2,1-3H3,(H,16,17). The van der Waals surface area contributed by atoms with Crippen molar-refractivity contribution in [2.24, 2.45) is 0 Å². The number of rotatable bonds is 6. The average Bonchev–Trinajstić information content (AvgIpc) is 2.37. The molecule has 0 radical (unpaired) electrons.